The fourth-order valence-electron chi connectivity index (χ4n) is 2.66. The lowest BCUT2D eigenvalue weighted by molar-refractivity contribution is 0.102. The van der Waals surface area contributed by atoms with E-state index in [9.17, 15) is 9.59 Å². The van der Waals surface area contributed by atoms with Crippen LogP contribution in [-0.4, -0.2) is 15.9 Å². The summed E-state index contributed by atoms with van der Waals surface area (Å²) in [5.74, 6) is -0.0731. The second kappa shape index (κ2) is 5.62. The number of rotatable bonds is 2. The predicted octanol–water partition coefficient (Wildman–Crippen LogP) is 3.33. The Kier molecular flexibility index (Phi) is 3.31. The van der Waals surface area contributed by atoms with Gasteiger partial charge in [0.2, 0.25) is 5.43 Å². The molecule has 2 N–H and O–H groups in total. The molecule has 5 heteroatoms. The number of pyridine rings is 2. The van der Waals surface area contributed by atoms with Gasteiger partial charge in [0.25, 0.3) is 5.91 Å². The summed E-state index contributed by atoms with van der Waals surface area (Å²) in [6.07, 6.45) is 1.43. The molecule has 0 aliphatic carbocycles. The van der Waals surface area contributed by atoms with Gasteiger partial charge in [-0.25, -0.2) is 4.98 Å². The lowest BCUT2D eigenvalue weighted by Gasteiger charge is -2.06. The molecular weight excluding hydrogens is 302 g/mol. The first-order valence-corrected chi connectivity index (χ1v) is 7.50. The molecule has 0 radical (unpaired) electrons. The summed E-state index contributed by atoms with van der Waals surface area (Å²) in [5.41, 5.74) is 1.23. The molecule has 0 atom stereocenters. The summed E-state index contributed by atoms with van der Waals surface area (Å²) in [5, 5.41) is 4.15. The highest BCUT2D eigenvalue weighted by Gasteiger charge is 2.13. The average molecular weight is 315 g/mol. The Balaban J connectivity index is 1.70. The van der Waals surface area contributed by atoms with Gasteiger partial charge in [0.15, 0.2) is 0 Å². The summed E-state index contributed by atoms with van der Waals surface area (Å²) < 4.78 is 0. The fourth-order valence-corrected chi connectivity index (χ4v) is 2.66. The van der Waals surface area contributed by atoms with Crippen molar-refractivity contribution in [2.75, 3.05) is 5.32 Å². The molecule has 4 aromatic rings. The molecular formula is C19H13N3O2. The highest BCUT2D eigenvalue weighted by atomic mass is 16.2. The third-order valence-corrected chi connectivity index (χ3v) is 3.87. The van der Waals surface area contributed by atoms with Gasteiger partial charge in [-0.2, -0.15) is 0 Å². The van der Waals surface area contributed by atoms with Crippen LogP contribution in [0.1, 0.15) is 10.4 Å². The van der Waals surface area contributed by atoms with E-state index in [1.807, 2.05) is 36.4 Å². The van der Waals surface area contributed by atoms with E-state index >= 15 is 0 Å². The molecule has 0 aliphatic rings. The van der Waals surface area contributed by atoms with Crippen molar-refractivity contribution >= 4 is 33.5 Å². The van der Waals surface area contributed by atoms with Crippen molar-refractivity contribution in [3.63, 3.8) is 0 Å². The quantitative estimate of drug-likeness (QED) is 0.596. The number of para-hydroxylation sites is 2. The lowest BCUT2D eigenvalue weighted by atomic mass is 10.1. The van der Waals surface area contributed by atoms with E-state index in [0.29, 0.717) is 16.7 Å². The van der Waals surface area contributed by atoms with Gasteiger partial charge >= 0.3 is 0 Å². The number of nitrogens with zero attached hydrogens (tertiary/aromatic N) is 1. The molecule has 0 saturated heterocycles. The Labute approximate surface area is 137 Å². The maximum absolute atomic E-state index is 12.5. The standard InChI is InChI=1S/C19H13N3O2/c23-18-13-6-2-4-8-16(13)20-11-14(18)19(24)22-17-10-9-12-5-1-3-7-15(12)21-17/h1-11H,(H,20,23)(H,21,22,24). The number of hydrogen-bond acceptors (Lipinski definition) is 3. The van der Waals surface area contributed by atoms with Crippen LogP contribution in [0.25, 0.3) is 21.8 Å². The zero-order valence-electron chi connectivity index (χ0n) is 12.6. The van der Waals surface area contributed by atoms with Crippen LogP contribution in [0.4, 0.5) is 5.82 Å². The van der Waals surface area contributed by atoms with Crippen LogP contribution in [0.2, 0.25) is 0 Å². The molecule has 1 amide bonds. The second-order valence-electron chi connectivity index (χ2n) is 5.42. The topological polar surface area (TPSA) is 74.8 Å². The van der Waals surface area contributed by atoms with E-state index in [-0.39, 0.29) is 11.0 Å². The molecule has 0 spiro atoms. The SMILES string of the molecule is O=C(Nc1ccc2ccccc2n1)c1c[nH]c2ccccc2c1=O. The third-order valence-electron chi connectivity index (χ3n) is 3.87. The summed E-state index contributed by atoms with van der Waals surface area (Å²) in [6.45, 7) is 0. The number of nitrogens with one attached hydrogen (secondary N) is 2. The van der Waals surface area contributed by atoms with Crippen molar-refractivity contribution in [3.8, 4) is 0 Å². The zero-order chi connectivity index (χ0) is 16.5. The zero-order valence-corrected chi connectivity index (χ0v) is 12.6. The minimum Gasteiger partial charge on any atom is -0.360 e. The Morgan fingerprint density at radius 3 is 2.67 bits per heavy atom. The number of benzene rings is 2. The highest BCUT2D eigenvalue weighted by Crippen LogP contribution is 2.15. The van der Waals surface area contributed by atoms with Crippen molar-refractivity contribution in [3.05, 3.63) is 82.6 Å². The molecule has 2 aromatic heterocycles. The molecule has 0 saturated carbocycles. The molecule has 0 bridgehead atoms. The van der Waals surface area contributed by atoms with Crippen molar-refractivity contribution in [1.29, 1.82) is 0 Å². The molecule has 0 unspecified atom stereocenters. The highest BCUT2D eigenvalue weighted by molar-refractivity contribution is 6.05. The van der Waals surface area contributed by atoms with Gasteiger partial charge < -0.3 is 10.3 Å². The predicted molar refractivity (Wildman–Crippen MR) is 94.3 cm³/mol. The van der Waals surface area contributed by atoms with Crippen LogP contribution in [0.15, 0.2) is 71.7 Å². The summed E-state index contributed by atoms with van der Waals surface area (Å²) >= 11 is 0. The fraction of sp³-hybridized carbons (Fsp3) is 0. The molecule has 24 heavy (non-hydrogen) atoms. The average Bonchev–Trinajstić information content (AvgIpc) is 2.62. The van der Waals surface area contributed by atoms with Crippen molar-refractivity contribution < 1.29 is 4.79 Å². The van der Waals surface area contributed by atoms with Gasteiger partial charge in [0, 0.05) is 22.5 Å². The minimum absolute atomic E-state index is 0.0589. The molecule has 116 valence electrons. The Morgan fingerprint density at radius 2 is 1.75 bits per heavy atom. The number of fused-ring (bicyclic) bond motifs is 2. The van der Waals surface area contributed by atoms with Crippen LogP contribution in [0.3, 0.4) is 0 Å². The first-order valence-electron chi connectivity index (χ1n) is 7.50. The number of anilines is 1. The first kappa shape index (κ1) is 14.1. The van der Waals surface area contributed by atoms with E-state index in [1.165, 1.54) is 6.20 Å². The summed E-state index contributed by atoms with van der Waals surface area (Å²) in [6, 6.07) is 18.3. The van der Waals surface area contributed by atoms with Crippen LogP contribution >= 0.6 is 0 Å². The van der Waals surface area contributed by atoms with Crippen LogP contribution in [-0.2, 0) is 0 Å². The number of amides is 1. The van der Waals surface area contributed by atoms with Gasteiger partial charge in [0.05, 0.1) is 5.52 Å². The molecule has 5 nitrogen and oxygen atoms in total. The van der Waals surface area contributed by atoms with E-state index < -0.39 is 5.91 Å². The van der Waals surface area contributed by atoms with Crippen LogP contribution < -0.4 is 10.7 Å². The van der Waals surface area contributed by atoms with Gasteiger partial charge in [-0.05, 0) is 30.3 Å². The molecule has 4 rings (SSSR count). The number of hydrogen-bond donors (Lipinski definition) is 2. The van der Waals surface area contributed by atoms with Crippen molar-refractivity contribution in [1.82, 2.24) is 9.97 Å². The van der Waals surface area contributed by atoms with Crippen molar-refractivity contribution in [2.24, 2.45) is 0 Å². The summed E-state index contributed by atoms with van der Waals surface area (Å²) in [4.78, 5) is 32.3. The number of carbonyl (C=O) groups excluding carboxylic acids is 1. The molecule has 0 aliphatic heterocycles. The monoisotopic (exact) mass is 315 g/mol. The van der Waals surface area contributed by atoms with Gasteiger partial charge in [-0.3, -0.25) is 9.59 Å². The number of aromatic amines is 1. The Hall–Kier alpha value is -3.47. The number of aromatic nitrogens is 2. The van der Waals surface area contributed by atoms with Gasteiger partial charge in [-0.1, -0.05) is 30.3 Å². The minimum atomic E-state index is -0.482. The van der Waals surface area contributed by atoms with Crippen LogP contribution in [0, 0.1) is 0 Å². The van der Waals surface area contributed by atoms with E-state index in [4.69, 9.17) is 0 Å². The third kappa shape index (κ3) is 2.42. The maximum Gasteiger partial charge on any atom is 0.262 e. The van der Waals surface area contributed by atoms with E-state index in [1.54, 1.807) is 24.3 Å². The first-order chi connectivity index (χ1) is 11.7. The summed E-state index contributed by atoms with van der Waals surface area (Å²) in [7, 11) is 0. The second-order valence-corrected chi connectivity index (χ2v) is 5.42. The largest absolute Gasteiger partial charge is 0.360 e. The number of H-pyrrole nitrogens is 1. The molecule has 2 heterocycles. The lowest BCUT2D eigenvalue weighted by Crippen LogP contribution is -2.22. The normalized spacial score (nSPS) is 10.8. The smallest absolute Gasteiger partial charge is 0.262 e. The Morgan fingerprint density at radius 1 is 0.958 bits per heavy atom. The van der Waals surface area contributed by atoms with Gasteiger partial charge in [0.1, 0.15) is 11.4 Å². The maximum atomic E-state index is 12.5. The Bertz CT molecular complexity index is 1130. The molecule has 2 aromatic carbocycles. The van der Waals surface area contributed by atoms with E-state index in [2.05, 4.69) is 15.3 Å². The van der Waals surface area contributed by atoms with E-state index in [0.717, 1.165) is 10.9 Å². The van der Waals surface area contributed by atoms with Crippen molar-refractivity contribution in [2.45, 2.75) is 0 Å². The van der Waals surface area contributed by atoms with Gasteiger partial charge in [-0.15, -0.1) is 0 Å². The van der Waals surface area contributed by atoms with Crippen LogP contribution in [0.5, 0.6) is 0 Å². The molecule has 0 fully saturated rings. The number of carbonyl (C=O) groups is 1.